The van der Waals surface area contributed by atoms with Crippen LogP contribution in [-0.2, 0) is 10.0 Å². The number of nitro groups is 1. The fraction of sp³-hybridized carbons (Fsp3) is 0.312. The number of sulfonamides is 1. The Balaban J connectivity index is 1.73. The predicted octanol–water partition coefficient (Wildman–Crippen LogP) is 1.81. The van der Waals surface area contributed by atoms with Crippen LogP contribution in [0.5, 0.6) is 0 Å². The molecule has 0 spiro atoms. The number of hydrogen-bond donors (Lipinski definition) is 0. The second-order valence-corrected chi connectivity index (χ2v) is 7.72. The zero-order chi connectivity index (χ0) is 18.0. The number of aromatic nitrogens is 1. The van der Waals surface area contributed by atoms with E-state index in [0.717, 1.165) is 11.4 Å². The Morgan fingerprint density at radius 3 is 2.28 bits per heavy atom. The van der Waals surface area contributed by atoms with Crippen LogP contribution in [0.25, 0.3) is 0 Å². The number of nitrogens with zero attached hydrogens (tertiary/aromatic N) is 4. The molecule has 8 nitrogen and oxygen atoms in total. The molecular formula is C16H18N4O4S. The van der Waals surface area contributed by atoms with Gasteiger partial charge in [-0.2, -0.15) is 4.31 Å². The van der Waals surface area contributed by atoms with Gasteiger partial charge >= 0.3 is 0 Å². The third kappa shape index (κ3) is 3.47. The summed E-state index contributed by atoms with van der Waals surface area (Å²) < 4.78 is 26.8. The number of anilines is 1. The van der Waals surface area contributed by atoms with Gasteiger partial charge < -0.3 is 4.90 Å². The normalized spacial score (nSPS) is 16.0. The minimum atomic E-state index is -3.66. The number of benzene rings is 1. The van der Waals surface area contributed by atoms with Gasteiger partial charge in [0, 0.05) is 44.5 Å². The third-order valence-electron chi connectivity index (χ3n) is 4.21. The Labute approximate surface area is 145 Å². The molecule has 0 aliphatic carbocycles. The Bertz CT molecular complexity index is 875. The van der Waals surface area contributed by atoms with Crippen molar-refractivity contribution in [1.82, 2.24) is 9.29 Å². The third-order valence-corrected chi connectivity index (χ3v) is 6.12. The summed E-state index contributed by atoms with van der Waals surface area (Å²) >= 11 is 0. The van der Waals surface area contributed by atoms with E-state index in [1.54, 1.807) is 6.20 Å². The fourth-order valence-corrected chi connectivity index (χ4v) is 4.26. The number of nitro benzene ring substituents is 1. The van der Waals surface area contributed by atoms with E-state index in [-0.39, 0.29) is 10.6 Å². The van der Waals surface area contributed by atoms with Crippen LogP contribution in [0.4, 0.5) is 11.5 Å². The number of non-ortho nitro benzene ring substituents is 1. The first kappa shape index (κ1) is 17.3. The van der Waals surface area contributed by atoms with Crippen molar-refractivity contribution in [1.29, 1.82) is 0 Å². The van der Waals surface area contributed by atoms with Crippen molar-refractivity contribution in [3.63, 3.8) is 0 Å². The minimum absolute atomic E-state index is 0.0700. The van der Waals surface area contributed by atoms with Crippen molar-refractivity contribution in [2.24, 2.45) is 0 Å². The van der Waals surface area contributed by atoms with Gasteiger partial charge in [-0.1, -0.05) is 6.07 Å². The quantitative estimate of drug-likeness (QED) is 0.608. The van der Waals surface area contributed by atoms with Crippen LogP contribution >= 0.6 is 0 Å². The fourth-order valence-electron chi connectivity index (χ4n) is 2.84. The summed E-state index contributed by atoms with van der Waals surface area (Å²) in [5, 5.41) is 10.7. The molecule has 25 heavy (non-hydrogen) atoms. The standard InChI is InChI=1S/C16H18N4O4S/c1-13-3-2-8-17-16(13)18-9-11-19(12-10-18)25(23,24)15-6-4-14(5-7-15)20(21)22/h2-8H,9-12H2,1H3. The molecular weight excluding hydrogens is 344 g/mol. The van der Waals surface area contributed by atoms with Gasteiger partial charge in [0.2, 0.25) is 10.0 Å². The first-order valence-corrected chi connectivity index (χ1v) is 9.25. The van der Waals surface area contributed by atoms with E-state index < -0.39 is 14.9 Å². The van der Waals surface area contributed by atoms with Gasteiger partial charge in [0.25, 0.3) is 5.69 Å². The molecule has 2 heterocycles. The van der Waals surface area contributed by atoms with Crippen molar-refractivity contribution in [2.75, 3.05) is 31.1 Å². The van der Waals surface area contributed by atoms with Crippen LogP contribution < -0.4 is 4.90 Å². The van der Waals surface area contributed by atoms with E-state index in [4.69, 9.17) is 0 Å². The van der Waals surface area contributed by atoms with Crippen LogP contribution in [0.3, 0.4) is 0 Å². The van der Waals surface area contributed by atoms with Gasteiger partial charge in [0.1, 0.15) is 5.82 Å². The van der Waals surface area contributed by atoms with Gasteiger partial charge in [0.15, 0.2) is 0 Å². The molecule has 1 aromatic carbocycles. The zero-order valence-electron chi connectivity index (χ0n) is 13.7. The van der Waals surface area contributed by atoms with Gasteiger partial charge in [-0.25, -0.2) is 13.4 Å². The van der Waals surface area contributed by atoms with E-state index in [9.17, 15) is 18.5 Å². The van der Waals surface area contributed by atoms with Crippen LogP contribution in [0.2, 0.25) is 0 Å². The highest BCUT2D eigenvalue weighted by Crippen LogP contribution is 2.23. The molecule has 0 N–H and O–H groups in total. The molecule has 0 amide bonds. The van der Waals surface area contributed by atoms with Crippen molar-refractivity contribution < 1.29 is 13.3 Å². The predicted molar refractivity (Wildman–Crippen MR) is 93.0 cm³/mol. The summed E-state index contributed by atoms with van der Waals surface area (Å²) in [5.74, 6) is 0.870. The summed E-state index contributed by atoms with van der Waals surface area (Å²) in [6, 6.07) is 8.82. The molecule has 1 saturated heterocycles. The first-order chi connectivity index (χ1) is 11.9. The average Bonchev–Trinajstić information content (AvgIpc) is 2.62. The molecule has 0 atom stereocenters. The summed E-state index contributed by atoms with van der Waals surface area (Å²) in [6.45, 7) is 3.75. The molecule has 1 aliphatic rings. The maximum absolute atomic E-state index is 12.7. The summed E-state index contributed by atoms with van der Waals surface area (Å²) in [4.78, 5) is 16.6. The molecule has 0 bridgehead atoms. The lowest BCUT2D eigenvalue weighted by atomic mass is 10.2. The van der Waals surface area contributed by atoms with E-state index in [1.165, 1.54) is 28.6 Å². The molecule has 9 heteroatoms. The molecule has 3 rings (SSSR count). The SMILES string of the molecule is Cc1cccnc1N1CCN(S(=O)(=O)c2ccc([N+](=O)[O-])cc2)CC1. The maximum Gasteiger partial charge on any atom is 0.269 e. The van der Waals surface area contributed by atoms with E-state index >= 15 is 0 Å². The van der Waals surface area contributed by atoms with Gasteiger partial charge in [-0.15, -0.1) is 0 Å². The van der Waals surface area contributed by atoms with Gasteiger partial charge in [0.05, 0.1) is 9.82 Å². The highest BCUT2D eigenvalue weighted by atomic mass is 32.2. The van der Waals surface area contributed by atoms with Crippen molar-refractivity contribution in [3.8, 4) is 0 Å². The Hall–Kier alpha value is -2.52. The number of pyridine rings is 1. The molecule has 1 fully saturated rings. The van der Waals surface area contributed by atoms with Crippen molar-refractivity contribution in [2.45, 2.75) is 11.8 Å². The van der Waals surface area contributed by atoms with Crippen molar-refractivity contribution >= 4 is 21.5 Å². The second kappa shape index (κ2) is 6.77. The summed E-state index contributed by atoms with van der Waals surface area (Å²) in [6.07, 6.45) is 1.72. The largest absolute Gasteiger partial charge is 0.354 e. The molecule has 1 aliphatic heterocycles. The van der Waals surface area contributed by atoms with E-state index in [2.05, 4.69) is 9.88 Å². The highest BCUT2D eigenvalue weighted by Gasteiger charge is 2.29. The maximum atomic E-state index is 12.7. The lowest BCUT2D eigenvalue weighted by Gasteiger charge is -2.35. The Morgan fingerprint density at radius 1 is 1.08 bits per heavy atom. The number of aryl methyl sites for hydroxylation is 1. The van der Waals surface area contributed by atoms with Gasteiger partial charge in [-0.3, -0.25) is 10.1 Å². The minimum Gasteiger partial charge on any atom is -0.354 e. The van der Waals surface area contributed by atoms with Gasteiger partial charge in [-0.05, 0) is 30.7 Å². The molecule has 0 saturated carbocycles. The number of piperazine rings is 1. The topological polar surface area (TPSA) is 96.7 Å². The van der Waals surface area contributed by atoms with E-state index in [1.807, 2.05) is 19.1 Å². The Kier molecular flexibility index (Phi) is 4.69. The van der Waals surface area contributed by atoms with E-state index in [0.29, 0.717) is 26.2 Å². The summed E-state index contributed by atoms with van der Waals surface area (Å²) in [5.41, 5.74) is 0.920. The molecule has 0 radical (unpaired) electrons. The summed E-state index contributed by atoms with van der Waals surface area (Å²) in [7, 11) is -3.66. The van der Waals surface area contributed by atoms with Crippen LogP contribution in [-0.4, -0.2) is 48.8 Å². The molecule has 1 aromatic heterocycles. The molecule has 2 aromatic rings. The highest BCUT2D eigenvalue weighted by molar-refractivity contribution is 7.89. The first-order valence-electron chi connectivity index (χ1n) is 7.81. The zero-order valence-corrected chi connectivity index (χ0v) is 14.5. The van der Waals surface area contributed by atoms with Crippen LogP contribution in [0, 0.1) is 17.0 Å². The number of hydrogen-bond acceptors (Lipinski definition) is 6. The Morgan fingerprint density at radius 2 is 1.72 bits per heavy atom. The lowest BCUT2D eigenvalue weighted by molar-refractivity contribution is -0.384. The molecule has 0 unspecified atom stereocenters. The average molecular weight is 362 g/mol. The monoisotopic (exact) mass is 362 g/mol. The second-order valence-electron chi connectivity index (χ2n) is 5.79. The smallest absolute Gasteiger partial charge is 0.269 e. The number of rotatable bonds is 4. The lowest BCUT2D eigenvalue weighted by Crippen LogP contribution is -2.49. The van der Waals surface area contributed by atoms with Crippen LogP contribution in [0.15, 0.2) is 47.5 Å². The van der Waals surface area contributed by atoms with Crippen LogP contribution in [0.1, 0.15) is 5.56 Å². The van der Waals surface area contributed by atoms with Crippen molar-refractivity contribution in [3.05, 3.63) is 58.3 Å². The molecule has 132 valence electrons.